The van der Waals surface area contributed by atoms with Crippen LogP contribution < -0.4 is 4.74 Å². The van der Waals surface area contributed by atoms with Crippen molar-refractivity contribution in [2.45, 2.75) is 52.2 Å². The van der Waals surface area contributed by atoms with E-state index >= 15 is 0 Å². The summed E-state index contributed by atoms with van der Waals surface area (Å²) >= 11 is 0. The first kappa shape index (κ1) is 18.2. The predicted molar refractivity (Wildman–Crippen MR) is 93.6 cm³/mol. The van der Waals surface area contributed by atoms with E-state index in [0.29, 0.717) is 36.2 Å². The fourth-order valence-electron chi connectivity index (χ4n) is 2.90. The van der Waals surface area contributed by atoms with Crippen LogP contribution in [0.15, 0.2) is 23.0 Å². The molecule has 3 heterocycles. The number of hydrogen-bond acceptors (Lipinski definition) is 7. The van der Waals surface area contributed by atoms with Crippen molar-refractivity contribution >= 4 is 6.09 Å². The van der Waals surface area contributed by atoms with E-state index in [-0.39, 0.29) is 12.1 Å². The minimum atomic E-state index is -0.539. The average molecular weight is 360 g/mol. The molecule has 0 aromatic carbocycles. The van der Waals surface area contributed by atoms with Gasteiger partial charge in [-0.25, -0.2) is 14.8 Å². The molecule has 2 aromatic rings. The van der Waals surface area contributed by atoms with Gasteiger partial charge >= 0.3 is 6.09 Å². The minimum absolute atomic E-state index is 0.196. The van der Waals surface area contributed by atoms with Crippen LogP contribution in [0.1, 0.15) is 52.3 Å². The second-order valence-corrected chi connectivity index (χ2v) is 7.09. The molecule has 0 radical (unpaired) electrons. The summed E-state index contributed by atoms with van der Waals surface area (Å²) in [7, 11) is 0. The number of amides is 1. The Bertz CT molecular complexity index is 769. The Morgan fingerprint density at radius 3 is 2.85 bits per heavy atom. The van der Waals surface area contributed by atoms with Crippen molar-refractivity contribution < 1.29 is 18.8 Å². The Hall–Kier alpha value is -2.64. The highest BCUT2D eigenvalue weighted by Crippen LogP contribution is 2.35. The van der Waals surface area contributed by atoms with Crippen LogP contribution in [0.5, 0.6) is 5.88 Å². The molecule has 26 heavy (non-hydrogen) atoms. The molecule has 0 saturated carbocycles. The quantitative estimate of drug-likeness (QED) is 0.822. The zero-order chi connectivity index (χ0) is 18.7. The first-order valence-corrected chi connectivity index (χ1v) is 8.79. The second kappa shape index (κ2) is 7.31. The molecule has 0 bridgehead atoms. The molecule has 3 rings (SSSR count). The largest absolute Gasteiger partial charge is 0.476 e. The molecule has 1 unspecified atom stereocenters. The van der Waals surface area contributed by atoms with Gasteiger partial charge in [-0.2, -0.15) is 0 Å². The Morgan fingerprint density at radius 2 is 2.12 bits per heavy atom. The summed E-state index contributed by atoms with van der Waals surface area (Å²) in [6, 6.07) is 1.60. The van der Waals surface area contributed by atoms with Crippen molar-refractivity contribution in [2.75, 3.05) is 13.2 Å². The van der Waals surface area contributed by atoms with Crippen LogP contribution in [0.3, 0.4) is 0 Å². The van der Waals surface area contributed by atoms with Gasteiger partial charge in [-0.15, -0.1) is 0 Å². The van der Waals surface area contributed by atoms with Gasteiger partial charge in [0.2, 0.25) is 5.88 Å². The second-order valence-electron chi connectivity index (χ2n) is 7.09. The molecular weight excluding hydrogens is 336 g/mol. The van der Waals surface area contributed by atoms with Crippen molar-refractivity contribution in [3.8, 4) is 17.3 Å². The molecule has 2 aromatic heterocycles. The molecule has 1 fully saturated rings. The molecule has 1 amide bonds. The van der Waals surface area contributed by atoms with Crippen LogP contribution in [0.25, 0.3) is 11.4 Å². The van der Waals surface area contributed by atoms with Gasteiger partial charge in [0.05, 0.1) is 12.6 Å². The fourth-order valence-corrected chi connectivity index (χ4v) is 2.90. The Labute approximate surface area is 152 Å². The lowest BCUT2D eigenvalue weighted by Crippen LogP contribution is -2.36. The van der Waals surface area contributed by atoms with Crippen LogP contribution in [0.4, 0.5) is 4.79 Å². The number of rotatable bonds is 4. The number of carbonyl (C=O) groups is 1. The molecule has 0 aliphatic carbocycles. The van der Waals surface area contributed by atoms with Gasteiger partial charge in [-0.3, -0.25) is 4.90 Å². The van der Waals surface area contributed by atoms with Crippen molar-refractivity contribution in [1.82, 2.24) is 20.0 Å². The third-order valence-electron chi connectivity index (χ3n) is 3.93. The summed E-state index contributed by atoms with van der Waals surface area (Å²) in [5.41, 5.74) is 0.516. The summed E-state index contributed by atoms with van der Waals surface area (Å²) < 4.78 is 16.5. The van der Waals surface area contributed by atoms with Gasteiger partial charge in [-0.05, 0) is 40.5 Å². The van der Waals surface area contributed by atoms with Crippen LogP contribution in [-0.4, -0.2) is 44.9 Å². The highest BCUT2D eigenvalue weighted by atomic mass is 16.6. The maximum atomic E-state index is 12.5. The molecule has 8 nitrogen and oxygen atoms in total. The molecule has 0 spiro atoms. The number of carbonyl (C=O) groups excluding carboxylic acids is 1. The highest BCUT2D eigenvalue weighted by molar-refractivity contribution is 5.69. The van der Waals surface area contributed by atoms with Crippen LogP contribution >= 0.6 is 0 Å². The monoisotopic (exact) mass is 360 g/mol. The summed E-state index contributed by atoms with van der Waals surface area (Å²) in [4.78, 5) is 22.6. The van der Waals surface area contributed by atoms with E-state index in [1.165, 1.54) is 0 Å². The summed E-state index contributed by atoms with van der Waals surface area (Å²) in [5, 5.41) is 4.11. The lowest BCUT2D eigenvalue weighted by atomic mass is 10.1. The van der Waals surface area contributed by atoms with Gasteiger partial charge in [0.15, 0.2) is 11.5 Å². The smallest absolute Gasteiger partial charge is 0.410 e. The third-order valence-corrected chi connectivity index (χ3v) is 3.93. The summed E-state index contributed by atoms with van der Waals surface area (Å²) in [6.45, 7) is 8.55. The van der Waals surface area contributed by atoms with E-state index in [9.17, 15) is 4.79 Å². The van der Waals surface area contributed by atoms with Gasteiger partial charge in [0.25, 0.3) is 0 Å². The van der Waals surface area contributed by atoms with E-state index in [4.69, 9.17) is 14.0 Å². The molecule has 140 valence electrons. The molecule has 0 N–H and O–H groups in total. The van der Waals surface area contributed by atoms with E-state index < -0.39 is 5.60 Å². The molecule has 1 aliphatic rings. The van der Waals surface area contributed by atoms with Crippen molar-refractivity contribution in [3.05, 3.63) is 24.2 Å². The predicted octanol–water partition coefficient (Wildman–Crippen LogP) is 3.60. The summed E-state index contributed by atoms with van der Waals surface area (Å²) in [6.07, 6.45) is 4.49. The van der Waals surface area contributed by atoms with Crippen LogP contribution in [0.2, 0.25) is 0 Å². The van der Waals surface area contributed by atoms with Crippen molar-refractivity contribution in [3.63, 3.8) is 0 Å². The number of nitrogens with zero attached hydrogens (tertiary/aromatic N) is 4. The normalized spacial score (nSPS) is 17.4. The van der Waals surface area contributed by atoms with Gasteiger partial charge in [-0.1, -0.05) is 5.16 Å². The van der Waals surface area contributed by atoms with Gasteiger partial charge in [0.1, 0.15) is 11.3 Å². The lowest BCUT2D eigenvalue weighted by molar-refractivity contribution is 0.0204. The molecular formula is C18H24N4O4. The summed E-state index contributed by atoms with van der Waals surface area (Å²) in [5.74, 6) is 1.02. The lowest BCUT2D eigenvalue weighted by Gasteiger charge is -2.27. The SMILES string of the molecule is CCOc1nccnc1-c1cc(C2CCCN2C(=O)OC(C)(C)C)on1. The molecule has 1 atom stereocenters. The first-order chi connectivity index (χ1) is 12.4. The minimum Gasteiger partial charge on any atom is -0.476 e. The average Bonchev–Trinajstić information content (AvgIpc) is 3.23. The zero-order valence-corrected chi connectivity index (χ0v) is 15.6. The van der Waals surface area contributed by atoms with Crippen LogP contribution in [0, 0.1) is 0 Å². The van der Waals surface area contributed by atoms with E-state index in [2.05, 4.69) is 15.1 Å². The Balaban J connectivity index is 1.82. The van der Waals surface area contributed by atoms with E-state index in [1.54, 1.807) is 23.4 Å². The highest BCUT2D eigenvalue weighted by Gasteiger charge is 2.35. The zero-order valence-electron chi connectivity index (χ0n) is 15.6. The molecule has 1 aliphatic heterocycles. The topological polar surface area (TPSA) is 90.6 Å². The Morgan fingerprint density at radius 1 is 1.35 bits per heavy atom. The van der Waals surface area contributed by atoms with Crippen LogP contribution in [-0.2, 0) is 4.74 Å². The molecule has 8 heteroatoms. The van der Waals surface area contributed by atoms with Crippen molar-refractivity contribution in [1.29, 1.82) is 0 Å². The number of ether oxygens (including phenoxy) is 2. The molecule has 1 saturated heterocycles. The maximum absolute atomic E-state index is 12.5. The number of likely N-dealkylation sites (tertiary alicyclic amines) is 1. The van der Waals surface area contributed by atoms with E-state index in [1.807, 2.05) is 27.7 Å². The fraction of sp³-hybridized carbons (Fsp3) is 0.556. The standard InChI is InChI=1S/C18H24N4O4/c1-5-24-16-15(19-8-9-20-16)12-11-14(26-21-12)13-7-6-10-22(13)17(23)25-18(2,3)4/h8-9,11,13H,5-7,10H2,1-4H3. The van der Waals surface area contributed by atoms with Crippen molar-refractivity contribution in [2.24, 2.45) is 0 Å². The van der Waals surface area contributed by atoms with Gasteiger partial charge in [0, 0.05) is 25.0 Å². The van der Waals surface area contributed by atoms with E-state index in [0.717, 1.165) is 12.8 Å². The first-order valence-electron chi connectivity index (χ1n) is 8.79. The van der Waals surface area contributed by atoms with Gasteiger partial charge < -0.3 is 14.0 Å². The maximum Gasteiger partial charge on any atom is 0.410 e. The number of aromatic nitrogens is 3. The number of hydrogen-bond donors (Lipinski definition) is 0. The Kier molecular flexibility index (Phi) is 5.11. The third kappa shape index (κ3) is 3.95.